The van der Waals surface area contributed by atoms with Crippen LogP contribution in [-0.4, -0.2) is 11.2 Å². The monoisotopic (exact) mass is 180 g/mol. The first-order valence-corrected chi connectivity index (χ1v) is 4.23. The lowest BCUT2D eigenvalue weighted by molar-refractivity contribution is 0.203. The van der Waals surface area contributed by atoms with Crippen molar-refractivity contribution in [3.8, 4) is 0 Å². The fourth-order valence-corrected chi connectivity index (χ4v) is 0.993. The first-order valence-electron chi connectivity index (χ1n) is 3.85. The molecule has 0 amide bonds. The summed E-state index contributed by atoms with van der Waals surface area (Å²) >= 11 is 5.52. The third kappa shape index (κ3) is 3.73. The molecule has 0 fully saturated rings. The Hall–Kier alpha value is -0.0800. The number of halogens is 2. The molecule has 0 saturated carbocycles. The van der Waals surface area contributed by atoms with Crippen molar-refractivity contribution in [2.45, 2.75) is 39.2 Å². The molecule has 1 atom stereocenters. The fraction of sp³-hybridized carbons (Fsp3) is 0.750. The Labute approximate surface area is 71.9 Å². The van der Waals surface area contributed by atoms with E-state index < -0.39 is 11.9 Å². The van der Waals surface area contributed by atoms with Crippen LogP contribution in [0.4, 0.5) is 4.39 Å². The molecule has 3 heteroatoms. The molecule has 0 aromatic heterocycles. The number of hydrogen-bond acceptors (Lipinski definition) is 1. The first-order chi connectivity index (χ1) is 5.13. The van der Waals surface area contributed by atoms with Crippen LogP contribution in [0.1, 0.15) is 33.1 Å². The van der Waals surface area contributed by atoms with Crippen LogP contribution in [0.15, 0.2) is 10.9 Å². The van der Waals surface area contributed by atoms with Gasteiger partial charge in [0.2, 0.25) is 0 Å². The van der Waals surface area contributed by atoms with Crippen LogP contribution in [0, 0.1) is 0 Å². The van der Waals surface area contributed by atoms with Gasteiger partial charge in [0.25, 0.3) is 0 Å². The molecule has 0 aliphatic heterocycles. The highest BCUT2D eigenvalue weighted by Crippen LogP contribution is 2.20. The maximum atomic E-state index is 12.7. The molecule has 0 spiro atoms. The average Bonchev–Trinajstić information content (AvgIpc) is 2.02. The molecule has 0 aromatic rings. The van der Waals surface area contributed by atoms with Crippen LogP contribution < -0.4 is 0 Å². The van der Waals surface area contributed by atoms with Gasteiger partial charge in [-0.2, -0.15) is 0 Å². The molecule has 0 radical (unpaired) electrons. The van der Waals surface area contributed by atoms with E-state index in [1.807, 2.05) is 6.92 Å². The second-order valence-electron chi connectivity index (χ2n) is 2.41. The highest BCUT2D eigenvalue weighted by atomic mass is 35.5. The highest BCUT2D eigenvalue weighted by Gasteiger charge is 2.11. The summed E-state index contributed by atoms with van der Waals surface area (Å²) in [5, 5.41) is 9.16. The molecule has 1 unspecified atom stereocenters. The summed E-state index contributed by atoms with van der Waals surface area (Å²) in [7, 11) is 0. The Kier molecular flexibility index (Phi) is 5.51. The van der Waals surface area contributed by atoms with E-state index in [0.717, 1.165) is 6.42 Å². The molecule has 1 N–H and O–H groups in total. The van der Waals surface area contributed by atoms with E-state index >= 15 is 0 Å². The third-order valence-corrected chi connectivity index (χ3v) is 1.88. The summed E-state index contributed by atoms with van der Waals surface area (Å²) in [6.45, 7) is 3.58. The van der Waals surface area contributed by atoms with Crippen LogP contribution in [0.2, 0.25) is 0 Å². The quantitative estimate of drug-likeness (QED) is 0.705. The number of aliphatic hydroxyl groups is 1. The Morgan fingerprint density at radius 1 is 1.55 bits per heavy atom. The minimum Gasteiger partial charge on any atom is -0.387 e. The van der Waals surface area contributed by atoms with Gasteiger partial charge in [0.05, 0.1) is 11.1 Å². The van der Waals surface area contributed by atoms with Crippen molar-refractivity contribution in [1.82, 2.24) is 0 Å². The topological polar surface area (TPSA) is 20.2 Å². The zero-order valence-electron chi connectivity index (χ0n) is 6.90. The van der Waals surface area contributed by atoms with Crippen molar-refractivity contribution in [1.29, 1.82) is 0 Å². The lowest BCUT2D eigenvalue weighted by Gasteiger charge is -2.07. The first kappa shape index (κ1) is 10.9. The van der Waals surface area contributed by atoms with Crippen molar-refractivity contribution in [3.05, 3.63) is 10.9 Å². The third-order valence-electron chi connectivity index (χ3n) is 1.42. The summed E-state index contributed by atoms with van der Waals surface area (Å²) in [5.74, 6) is -0.410. The van der Waals surface area contributed by atoms with E-state index in [2.05, 4.69) is 0 Å². The van der Waals surface area contributed by atoms with Gasteiger partial charge in [-0.05, 0) is 12.8 Å². The molecule has 0 heterocycles. The Morgan fingerprint density at radius 3 is 2.45 bits per heavy atom. The maximum absolute atomic E-state index is 12.7. The van der Waals surface area contributed by atoms with Gasteiger partial charge < -0.3 is 5.11 Å². The molecule has 0 bridgehead atoms. The van der Waals surface area contributed by atoms with Gasteiger partial charge in [-0.25, -0.2) is 4.39 Å². The van der Waals surface area contributed by atoms with Crippen LogP contribution >= 0.6 is 11.6 Å². The maximum Gasteiger partial charge on any atom is 0.117 e. The zero-order chi connectivity index (χ0) is 8.85. The van der Waals surface area contributed by atoms with Crippen molar-refractivity contribution in [2.75, 3.05) is 0 Å². The number of allylic oxidation sites excluding steroid dienone is 1. The second kappa shape index (κ2) is 5.56. The summed E-state index contributed by atoms with van der Waals surface area (Å²) in [6.07, 6.45) is 0.752. The number of aliphatic hydroxyl groups excluding tert-OH is 1. The Balaban J connectivity index is 4.09. The Bertz CT molecular complexity index is 145. The largest absolute Gasteiger partial charge is 0.387 e. The average molecular weight is 181 g/mol. The minimum absolute atomic E-state index is 0.0330. The highest BCUT2D eigenvalue weighted by molar-refractivity contribution is 6.30. The van der Waals surface area contributed by atoms with Gasteiger partial charge in [0.15, 0.2) is 0 Å². The van der Waals surface area contributed by atoms with Crippen molar-refractivity contribution < 1.29 is 9.50 Å². The van der Waals surface area contributed by atoms with E-state index in [4.69, 9.17) is 11.6 Å². The van der Waals surface area contributed by atoms with E-state index in [1.54, 1.807) is 6.92 Å². The van der Waals surface area contributed by atoms with Crippen LogP contribution in [0.3, 0.4) is 0 Å². The molecular formula is C8H14ClFO. The predicted octanol–water partition coefficient (Wildman–Crippen LogP) is 2.98. The molecule has 0 aliphatic rings. The standard InChI is InChI=1S/C8H14ClFO/c1-3-5-7(11)8(9)6(10)4-2/h7,11H,3-5H2,1-2H3/b8-6+. The molecule has 0 aliphatic carbocycles. The van der Waals surface area contributed by atoms with Crippen molar-refractivity contribution in [2.24, 2.45) is 0 Å². The summed E-state index contributed by atoms with van der Waals surface area (Å²) in [6, 6.07) is 0. The van der Waals surface area contributed by atoms with Crippen LogP contribution in [0.5, 0.6) is 0 Å². The Morgan fingerprint density at radius 2 is 2.09 bits per heavy atom. The van der Waals surface area contributed by atoms with E-state index in [-0.39, 0.29) is 11.5 Å². The van der Waals surface area contributed by atoms with Crippen LogP contribution in [0.25, 0.3) is 0 Å². The smallest absolute Gasteiger partial charge is 0.117 e. The van der Waals surface area contributed by atoms with Gasteiger partial charge in [-0.15, -0.1) is 0 Å². The van der Waals surface area contributed by atoms with E-state index in [9.17, 15) is 9.50 Å². The second-order valence-corrected chi connectivity index (χ2v) is 2.82. The summed E-state index contributed by atoms with van der Waals surface area (Å²) in [5.41, 5.74) is 0. The van der Waals surface area contributed by atoms with Crippen molar-refractivity contribution in [3.63, 3.8) is 0 Å². The molecule has 11 heavy (non-hydrogen) atoms. The SMILES string of the molecule is CCCC(O)/C(Cl)=C(\F)CC. The number of rotatable bonds is 4. The van der Waals surface area contributed by atoms with Gasteiger partial charge in [0, 0.05) is 0 Å². The molecule has 0 saturated heterocycles. The molecule has 0 rings (SSSR count). The normalized spacial score (nSPS) is 16.1. The lowest BCUT2D eigenvalue weighted by atomic mass is 10.2. The zero-order valence-corrected chi connectivity index (χ0v) is 7.66. The van der Waals surface area contributed by atoms with Gasteiger partial charge >= 0.3 is 0 Å². The fourth-order valence-electron chi connectivity index (χ4n) is 0.750. The lowest BCUT2D eigenvalue weighted by Crippen LogP contribution is -2.06. The molecular weight excluding hydrogens is 167 g/mol. The molecule has 1 nitrogen and oxygen atoms in total. The van der Waals surface area contributed by atoms with Gasteiger partial charge in [-0.1, -0.05) is 31.9 Å². The predicted molar refractivity (Wildman–Crippen MR) is 45.2 cm³/mol. The van der Waals surface area contributed by atoms with Crippen molar-refractivity contribution >= 4 is 11.6 Å². The van der Waals surface area contributed by atoms with E-state index in [0.29, 0.717) is 6.42 Å². The van der Waals surface area contributed by atoms with Crippen LogP contribution in [-0.2, 0) is 0 Å². The molecule has 0 aromatic carbocycles. The summed E-state index contributed by atoms with van der Waals surface area (Å²) in [4.78, 5) is 0. The summed E-state index contributed by atoms with van der Waals surface area (Å²) < 4.78 is 12.7. The number of hydrogen-bond donors (Lipinski definition) is 1. The minimum atomic E-state index is -0.818. The van der Waals surface area contributed by atoms with E-state index in [1.165, 1.54) is 0 Å². The molecule has 66 valence electrons. The van der Waals surface area contributed by atoms with Gasteiger partial charge in [-0.3, -0.25) is 0 Å². The van der Waals surface area contributed by atoms with Gasteiger partial charge in [0.1, 0.15) is 5.83 Å².